The van der Waals surface area contributed by atoms with Crippen molar-refractivity contribution in [1.29, 1.82) is 0 Å². The second-order valence-corrected chi connectivity index (χ2v) is 10.3. The van der Waals surface area contributed by atoms with E-state index in [2.05, 4.69) is 26.9 Å². The highest BCUT2D eigenvalue weighted by molar-refractivity contribution is 7.89. The molecule has 2 atom stereocenters. The first-order chi connectivity index (χ1) is 15.6. The number of nitrogens with one attached hydrogen (secondary N) is 2. The third-order valence-electron chi connectivity index (χ3n) is 5.76. The first-order valence-corrected chi connectivity index (χ1v) is 12.5. The summed E-state index contributed by atoms with van der Waals surface area (Å²) in [7, 11) is -2.67. The van der Waals surface area contributed by atoms with Crippen molar-refractivity contribution in [3.8, 4) is 11.1 Å². The Labute approximate surface area is 194 Å². The largest absolute Gasteiger partial charge is 0.468 e. The molecule has 0 saturated carbocycles. The SMILES string of the molecule is COC(=O)[C@@H](C)NS(=O)(=O)C[C@@H](NC(=O)OCC1c2ccccc2-c2ccccc21)C(C)C. The lowest BCUT2D eigenvalue weighted by molar-refractivity contribution is -0.142. The van der Waals surface area contributed by atoms with Gasteiger partial charge >= 0.3 is 12.1 Å². The number of hydrogen-bond acceptors (Lipinski definition) is 6. The van der Waals surface area contributed by atoms with Gasteiger partial charge in [-0.25, -0.2) is 17.9 Å². The molecule has 2 N–H and O–H groups in total. The van der Waals surface area contributed by atoms with Gasteiger partial charge in [0.1, 0.15) is 12.6 Å². The van der Waals surface area contributed by atoms with Gasteiger partial charge in [-0.2, -0.15) is 0 Å². The topological polar surface area (TPSA) is 111 Å². The third kappa shape index (κ3) is 5.91. The maximum absolute atomic E-state index is 12.6. The van der Waals surface area contributed by atoms with E-state index in [1.165, 1.54) is 14.0 Å². The number of sulfonamides is 1. The molecule has 1 aliphatic rings. The van der Waals surface area contributed by atoms with Crippen molar-refractivity contribution in [3.63, 3.8) is 0 Å². The predicted molar refractivity (Wildman–Crippen MR) is 125 cm³/mol. The van der Waals surface area contributed by atoms with Crippen LogP contribution in [0.1, 0.15) is 37.8 Å². The molecule has 0 spiro atoms. The Morgan fingerprint density at radius 2 is 1.52 bits per heavy atom. The number of benzene rings is 2. The van der Waals surface area contributed by atoms with Crippen molar-refractivity contribution in [1.82, 2.24) is 10.0 Å². The minimum Gasteiger partial charge on any atom is -0.468 e. The second kappa shape index (κ2) is 10.4. The minimum absolute atomic E-state index is 0.0908. The van der Waals surface area contributed by atoms with E-state index in [4.69, 9.17) is 4.74 Å². The molecule has 0 unspecified atom stereocenters. The van der Waals surface area contributed by atoms with Crippen molar-refractivity contribution in [2.75, 3.05) is 19.5 Å². The number of alkyl carbamates (subject to hydrolysis) is 1. The van der Waals surface area contributed by atoms with Gasteiger partial charge in [-0.3, -0.25) is 4.79 Å². The Hall–Kier alpha value is -2.91. The minimum atomic E-state index is -3.86. The van der Waals surface area contributed by atoms with E-state index in [-0.39, 0.29) is 18.4 Å². The number of hydrogen-bond donors (Lipinski definition) is 2. The van der Waals surface area contributed by atoms with Gasteiger partial charge in [-0.1, -0.05) is 62.4 Å². The summed E-state index contributed by atoms with van der Waals surface area (Å²) in [4.78, 5) is 24.1. The number of carbonyl (C=O) groups excluding carboxylic acids is 2. The lowest BCUT2D eigenvalue weighted by Gasteiger charge is -2.23. The van der Waals surface area contributed by atoms with E-state index in [1.807, 2.05) is 36.4 Å². The van der Waals surface area contributed by atoms with Gasteiger partial charge in [0.15, 0.2) is 0 Å². The van der Waals surface area contributed by atoms with Crippen molar-refractivity contribution in [3.05, 3.63) is 59.7 Å². The maximum Gasteiger partial charge on any atom is 0.407 e. The predicted octanol–water partition coefficient (Wildman–Crippen LogP) is 3.03. The van der Waals surface area contributed by atoms with Gasteiger partial charge in [0, 0.05) is 12.0 Å². The van der Waals surface area contributed by atoms with E-state index >= 15 is 0 Å². The van der Waals surface area contributed by atoms with Gasteiger partial charge < -0.3 is 14.8 Å². The van der Waals surface area contributed by atoms with Crippen molar-refractivity contribution < 1.29 is 27.5 Å². The van der Waals surface area contributed by atoms with Crippen LogP contribution >= 0.6 is 0 Å². The summed E-state index contributed by atoms with van der Waals surface area (Å²) < 4.78 is 37.3. The highest BCUT2D eigenvalue weighted by atomic mass is 32.2. The molecular formula is C24H30N2O6S. The van der Waals surface area contributed by atoms with Crippen LogP contribution in [0, 0.1) is 5.92 Å². The molecule has 2 aromatic rings. The lowest BCUT2D eigenvalue weighted by atomic mass is 9.98. The Balaban J connectivity index is 1.64. The van der Waals surface area contributed by atoms with Crippen LogP contribution in [0.25, 0.3) is 11.1 Å². The summed E-state index contributed by atoms with van der Waals surface area (Å²) in [5.41, 5.74) is 4.43. The fourth-order valence-corrected chi connectivity index (χ4v) is 5.64. The molecule has 0 saturated heterocycles. The smallest absolute Gasteiger partial charge is 0.407 e. The van der Waals surface area contributed by atoms with Gasteiger partial charge in [0.25, 0.3) is 0 Å². The van der Waals surface area contributed by atoms with Crippen LogP contribution in [0.4, 0.5) is 4.79 Å². The van der Waals surface area contributed by atoms with Crippen molar-refractivity contribution >= 4 is 22.1 Å². The van der Waals surface area contributed by atoms with E-state index in [9.17, 15) is 18.0 Å². The number of carbonyl (C=O) groups is 2. The molecular weight excluding hydrogens is 444 g/mol. The molecule has 0 bridgehead atoms. The van der Waals surface area contributed by atoms with Gasteiger partial charge in [0.05, 0.1) is 12.9 Å². The van der Waals surface area contributed by atoms with Gasteiger partial charge in [0.2, 0.25) is 10.0 Å². The van der Waals surface area contributed by atoms with Crippen LogP contribution in [-0.2, 0) is 24.3 Å². The first-order valence-electron chi connectivity index (χ1n) is 10.8. The third-order valence-corrected chi connectivity index (χ3v) is 7.27. The molecule has 178 valence electrons. The average molecular weight is 475 g/mol. The van der Waals surface area contributed by atoms with E-state index in [0.29, 0.717) is 0 Å². The molecule has 1 aliphatic carbocycles. The maximum atomic E-state index is 12.6. The van der Waals surface area contributed by atoms with Gasteiger partial charge in [-0.05, 0) is 35.1 Å². The quantitative estimate of drug-likeness (QED) is 0.541. The number of amides is 1. The zero-order valence-electron chi connectivity index (χ0n) is 19.2. The number of methoxy groups -OCH3 is 1. The number of ether oxygens (including phenoxy) is 2. The van der Waals surface area contributed by atoms with Crippen LogP contribution in [-0.4, -0.2) is 52.0 Å². The molecule has 33 heavy (non-hydrogen) atoms. The number of esters is 1. The Morgan fingerprint density at radius 1 is 0.970 bits per heavy atom. The molecule has 0 aromatic heterocycles. The normalized spacial score (nSPS) is 14.8. The van der Waals surface area contributed by atoms with Crippen molar-refractivity contribution in [2.45, 2.75) is 38.8 Å². The van der Waals surface area contributed by atoms with E-state index < -0.39 is 39.9 Å². The first kappa shape index (κ1) is 24.7. The Kier molecular flexibility index (Phi) is 7.76. The van der Waals surface area contributed by atoms with Crippen molar-refractivity contribution in [2.24, 2.45) is 5.92 Å². The van der Waals surface area contributed by atoms with E-state index in [0.717, 1.165) is 22.3 Å². The Morgan fingerprint density at radius 3 is 2.03 bits per heavy atom. The lowest BCUT2D eigenvalue weighted by Crippen LogP contribution is -2.48. The molecule has 9 heteroatoms. The van der Waals surface area contributed by atoms with Gasteiger partial charge in [-0.15, -0.1) is 0 Å². The summed E-state index contributed by atoms with van der Waals surface area (Å²) in [6.07, 6.45) is -0.688. The number of rotatable bonds is 9. The second-order valence-electron chi connectivity index (χ2n) is 8.46. The zero-order chi connectivity index (χ0) is 24.2. The fourth-order valence-electron chi connectivity index (χ4n) is 3.97. The molecule has 8 nitrogen and oxygen atoms in total. The molecule has 1 amide bonds. The van der Waals surface area contributed by atoms with Crippen LogP contribution in [0.3, 0.4) is 0 Å². The van der Waals surface area contributed by atoms with Crippen LogP contribution in [0.15, 0.2) is 48.5 Å². The van der Waals surface area contributed by atoms with Crippen LogP contribution in [0.5, 0.6) is 0 Å². The van der Waals surface area contributed by atoms with Crippen LogP contribution in [0.2, 0.25) is 0 Å². The average Bonchev–Trinajstić information content (AvgIpc) is 3.10. The standard InChI is InChI=1S/C24H30N2O6S/c1-15(2)22(14-33(29,30)26-16(3)23(27)31-4)25-24(28)32-13-21-19-11-7-5-9-17(19)18-10-6-8-12-20(18)21/h5-12,15-16,21-22,26H,13-14H2,1-4H3,(H,25,28)/t16-,22-/m1/s1. The Bertz CT molecular complexity index is 1070. The summed E-state index contributed by atoms with van der Waals surface area (Å²) in [5, 5.41) is 2.66. The summed E-state index contributed by atoms with van der Waals surface area (Å²) in [6.45, 7) is 5.13. The van der Waals surface area contributed by atoms with Crippen LogP contribution < -0.4 is 10.0 Å². The molecule has 2 aromatic carbocycles. The highest BCUT2D eigenvalue weighted by Gasteiger charge is 2.30. The fraction of sp³-hybridized carbons (Fsp3) is 0.417. The monoisotopic (exact) mass is 474 g/mol. The molecule has 0 heterocycles. The number of fused-ring (bicyclic) bond motifs is 3. The molecule has 0 radical (unpaired) electrons. The summed E-state index contributed by atoms with van der Waals surface area (Å²) >= 11 is 0. The molecule has 3 rings (SSSR count). The zero-order valence-corrected chi connectivity index (χ0v) is 20.0. The summed E-state index contributed by atoms with van der Waals surface area (Å²) in [6, 6.07) is 14.3. The highest BCUT2D eigenvalue weighted by Crippen LogP contribution is 2.44. The summed E-state index contributed by atoms with van der Waals surface area (Å²) in [5.74, 6) is -1.36. The van der Waals surface area contributed by atoms with E-state index in [1.54, 1.807) is 13.8 Å². The molecule has 0 aliphatic heterocycles. The molecule has 0 fully saturated rings.